The van der Waals surface area contributed by atoms with Crippen LogP contribution in [0, 0.1) is 11.7 Å². The highest BCUT2D eigenvalue weighted by atomic mass is 19.1. The molecule has 0 fully saturated rings. The largest absolute Gasteiger partial charge is 0.493 e. The number of nitrogens with one attached hydrogen (secondary N) is 2. The molecule has 0 aromatic heterocycles. The zero-order chi connectivity index (χ0) is 23.0. The van der Waals surface area contributed by atoms with Crippen LogP contribution in [0.4, 0.5) is 4.39 Å². The lowest BCUT2D eigenvalue weighted by atomic mass is 10.0. The van der Waals surface area contributed by atoms with Gasteiger partial charge in [0.05, 0.1) is 19.4 Å². The fourth-order valence-corrected chi connectivity index (χ4v) is 2.72. The minimum Gasteiger partial charge on any atom is -0.493 e. The Balaban J connectivity index is 2.03. The molecule has 0 bridgehead atoms. The molecule has 0 aliphatic heterocycles. The standard InChI is InChI=1S/C23H28FN3O4/c1-14(2)21(26-22(28)17-7-9-18(24)10-8-17)23(29)27-25-13-16-6-11-19(31-15(3)4)20(12-16)30-5/h6-15,21H,1-5H3,(H,26,28)(H,27,29). The summed E-state index contributed by atoms with van der Waals surface area (Å²) in [5.41, 5.74) is 3.41. The molecule has 0 saturated heterocycles. The average molecular weight is 429 g/mol. The second kappa shape index (κ2) is 11.1. The molecule has 1 atom stereocenters. The maximum atomic E-state index is 13.0. The Morgan fingerprint density at radius 3 is 2.29 bits per heavy atom. The van der Waals surface area contributed by atoms with E-state index >= 15 is 0 Å². The molecule has 8 heteroatoms. The van der Waals surface area contributed by atoms with Crippen LogP contribution in [0.2, 0.25) is 0 Å². The topological polar surface area (TPSA) is 89.0 Å². The normalized spacial score (nSPS) is 12.1. The van der Waals surface area contributed by atoms with E-state index in [0.29, 0.717) is 17.1 Å². The molecule has 31 heavy (non-hydrogen) atoms. The fourth-order valence-electron chi connectivity index (χ4n) is 2.72. The lowest BCUT2D eigenvalue weighted by molar-refractivity contribution is -0.123. The summed E-state index contributed by atoms with van der Waals surface area (Å²) in [5.74, 6) is -0.397. The number of ether oxygens (including phenoxy) is 2. The van der Waals surface area contributed by atoms with Gasteiger partial charge in [-0.25, -0.2) is 9.82 Å². The lowest BCUT2D eigenvalue weighted by Crippen LogP contribution is -2.48. The number of carbonyl (C=O) groups is 2. The van der Waals surface area contributed by atoms with Gasteiger partial charge in [0.25, 0.3) is 11.8 Å². The van der Waals surface area contributed by atoms with Crippen molar-refractivity contribution in [1.29, 1.82) is 0 Å². The maximum absolute atomic E-state index is 13.0. The van der Waals surface area contributed by atoms with Gasteiger partial charge in [0.15, 0.2) is 11.5 Å². The van der Waals surface area contributed by atoms with Gasteiger partial charge in [0.1, 0.15) is 11.9 Å². The summed E-state index contributed by atoms with van der Waals surface area (Å²) >= 11 is 0. The first-order valence-corrected chi connectivity index (χ1v) is 9.95. The molecule has 0 saturated carbocycles. The maximum Gasteiger partial charge on any atom is 0.262 e. The summed E-state index contributed by atoms with van der Waals surface area (Å²) in [6.45, 7) is 7.45. The molecule has 166 valence electrons. The summed E-state index contributed by atoms with van der Waals surface area (Å²) in [6.07, 6.45) is 1.48. The first-order chi connectivity index (χ1) is 14.7. The number of carbonyl (C=O) groups excluding carboxylic acids is 2. The number of rotatable bonds is 9. The molecule has 2 rings (SSSR count). The molecule has 0 aliphatic rings. The molecular weight excluding hydrogens is 401 g/mol. The van der Waals surface area contributed by atoms with E-state index in [2.05, 4.69) is 15.8 Å². The number of nitrogens with zero attached hydrogens (tertiary/aromatic N) is 1. The Bertz CT molecular complexity index is 927. The van der Waals surface area contributed by atoms with Crippen LogP contribution in [-0.2, 0) is 4.79 Å². The van der Waals surface area contributed by atoms with Crippen LogP contribution >= 0.6 is 0 Å². The zero-order valence-corrected chi connectivity index (χ0v) is 18.3. The first kappa shape index (κ1) is 23.9. The third kappa shape index (κ3) is 7.09. The lowest BCUT2D eigenvalue weighted by Gasteiger charge is -2.20. The summed E-state index contributed by atoms with van der Waals surface area (Å²) < 4.78 is 24.1. The van der Waals surface area contributed by atoms with Crippen molar-refractivity contribution in [2.24, 2.45) is 11.0 Å². The molecule has 7 nitrogen and oxygen atoms in total. The van der Waals surface area contributed by atoms with Crippen LogP contribution in [0.3, 0.4) is 0 Å². The third-order valence-corrected chi connectivity index (χ3v) is 4.28. The van der Waals surface area contributed by atoms with Gasteiger partial charge in [-0.05, 0) is 67.8 Å². The Hall–Kier alpha value is -3.42. The summed E-state index contributed by atoms with van der Waals surface area (Å²) in [7, 11) is 1.54. The number of benzene rings is 2. The third-order valence-electron chi connectivity index (χ3n) is 4.28. The Kier molecular flexibility index (Phi) is 8.54. The summed E-state index contributed by atoms with van der Waals surface area (Å²) in [5, 5.41) is 6.64. The molecule has 2 amide bonds. The second-order valence-corrected chi connectivity index (χ2v) is 7.51. The van der Waals surface area contributed by atoms with Crippen molar-refractivity contribution >= 4 is 18.0 Å². The van der Waals surface area contributed by atoms with Crippen molar-refractivity contribution in [3.63, 3.8) is 0 Å². The predicted octanol–water partition coefficient (Wildman–Crippen LogP) is 3.53. The van der Waals surface area contributed by atoms with E-state index in [1.54, 1.807) is 39.2 Å². The van der Waals surface area contributed by atoms with E-state index in [1.165, 1.54) is 30.5 Å². The Labute approximate surface area is 181 Å². The van der Waals surface area contributed by atoms with Gasteiger partial charge in [0, 0.05) is 5.56 Å². The number of hydrogen-bond acceptors (Lipinski definition) is 5. The van der Waals surface area contributed by atoms with Crippen molar-refractivity contribution in [2.45, 2.75) is 39.8 Å². The highest BCUT2D eigenvalue weighted by molar-refractivity contribution is 5.97. The monoisotopic (exact) mass is 429 g/mol. The van der Waals surface area contributed by atoms with Gasteiger partial charge in [-0.2, -0.15) is 5.10 Å². The minimum absolute atomic E-state index is 0.00536. The highest BCUT2D eigenvalue weighted by Crippen LogP contribution is 2.28. The number of hydrogen-bond donors (Lipinski definition) is 2. The molecular formula is C23H28FN3O4. The van der Waals surface area contributed by atoms with Gasteiger partial charge in [-0.1, -0.05) is 13.8 Å². The predicted molar refractivity (Wildman–Crippen MR) is 117 cm³/mol. The highest BCUT2D eigenvalue weighted by Gasteiger charge is 2.24. The van der Waals surface area contributed by atoms with Crippen molar-refractivity contribution in [2.75, 3.05) is 7.11 Å². The fraction of sp³-hybridized carbons (Fsp3) is 0.348. The van der Waals surface area contributed by atoms with E-state index in [1.807, 2.05) is 13.8 Å². The van der Waals surface area contributed by atoms with Gasteiger partial charge < -0.3 is 14.8 Å². The van der Waals surface area contributed by atoms with Gasteiger partial charge in [-0.3, -0.25) is 9.59 Å². The average Bonchev–Trinajstić information content (AvgIpc) is 2.72. The van der Waals surface area contributed by atoms with Crippen molar-refractivity contribution < 1.29 is 23.5 Å². The number of methoxy groups -OCH3 is 1. The smallest absolute Gasteiger partial charge is 0.262 e. The first-order valence-electron chi connectivity index (χ1n) is 9.95. The van der Waals surface area contributed by atoms with Crippen LogP contribution in [0.25, 0.3) is 0 Å². The number of hydrazone groups is 1. The van der Waals surface area contributed by atoms with Crippen LogP contribution < -0.4 is 20.2 Å². The van der Waals surface area contributed by atoms with E-state index < -0.39 is 23.7 Å². The SMILES string of the molecule is COc1cc(C=NNC(=O)C(NC(=O)c2ccc(F)cc2)C(C)C)ccc1OC(C)C. The van der Waals surface area contributed by atoms with E-state index in [4.69, 9.17) is 9.47 Å². The van der Waals surface area contributed by atoms with Crippen LogP contribution in [0.15, 0.2) is 47.6 Å². The summed E-state index contributed by atoms with van der Waals surface area (Å²) in [6, 6.07) is 9.57. The minimum atomic E-state index is -0.814. The van der Waals surface area contributed by atoms with Crippen LogP contribution in [-0.4, -0.2) is 37.3 Å². The second-order valence-electron chi connectivity index (χ2n) is 7.51. The van der Waals surface area contributed by atoms with Crippen molar-refractivity contribution in [1.82, 2.24) is 10.7 Å². The van der Waals surface area contributed by atoms with E-state index in [9.17, 15) is 14.0 Å². The molecule has 0 aliphatic carbocycles. The van der Waals surface area contributed by atoms with Crippen LogP contribution in [0.5, 0.6) is 11.5 Å². The van der Waals surface area contributed by atoms with Gasteiger partial charge in [-0.15, -0.1) is 0 Å². The van der Waals surface area contributed by atoms with Gasteiger partial charge in [0.2, 0.25) is 0 Å². The molecule has 0 radical (unpaired) electrons. The molecule has 0 heterocycles. The van der Waals surface area contributed by atoms with Crippen molar-refractivity contribution in [3.05, 3.63) is 59.4 Å². The van der Waals surface area contributed by atoms with E-state index in [-0.39, 0.29) is 17.6 Å². The Morgan fingerprint density at radius 1 is 1.03 bits per heavy atom. The van der Waals surface area contributed by atoms with Crippen LogP contribution in [0.1, 0.15) is 43.6 Å². The van der Waals surface area contributed by atoms with E-state index in [0.717, 1.165) is 0 Å². The molecule has 1 unspecified atom stereocenters. The van der Waals surface area contributed by atoms with Gasteiger partial charge >= 0.3 is 0 Å². The number of amides is 2. The molecule has 2 aromatic carbocycles. The molecule has 2 aromatic rings. The molecule has 0 spiro atoms. The Morgan fingerprint density at radius 2 is 1.71 bits per heavy atom. The quantitative estimate of drug-likeness (QED) is 0.471. The van der Waals surface area contributed by atoms with Crippen molar-refractivity contribution in [3.8, 4) is 11.5 Å². The zero-order valence-electron chi connectivity index (χ0n) is 18.3. The summed E-state index contributed by atoms with van der Waals surface area (Å²) in [4.78, 5) is 24.9. The number of halogens is 1. The molecule has 2 N–H and O–H groups in total.